The van der Waals surface area contributed by atoms with Gasteiger partial charge in [0, 0.05) is 0 Å². The number of H-pyrrole nitrogens is 1. The van der Waals surface area contributed by atoms with Gasteiger partial charge >= 0.3 is 29.6 Å². The van der Waals surface area contributed by atoms with Crippen molar-refractivity contribution in [2.45, 2.75) is 5.03 Å². The molecule has 0 unspecified atom stereocenters. The molecule has 1 aromatic rings. The average molecular weight is 168 g/mol. The van der Waals surface area contributed by atoms with Crippen LogP contribution in [-0.2, 0) is 0 Å². The van der Waals surface area contributed by atoms with Gasteiger partial charge in [-0.25, -0.2) is 0 Å². The number of nitrogens with one attached hydrogen (secondary N) is 1. The van der Waals surface area contributed by atoms with Crippen LogP contribution in [0.4, 0.5) is 0 Å². The molecule has 1 amide bonds. The molecule has 7 heteroatoms. The molecule has 1 heterocycles. The SMILES string of the molecule is NC(=O)c1nn[nH]c1S.[NaH]. The van der Waals surface area contributed by atoms with Crippen molar-refractivity contribution >= 4 is 48.1 Å². The molecule has 0 saturated carbocycles. The van der Waals surface area contributed by atoms with Crippen molar-refractivity contribution in [3.05, 3.63) is 5.69 Å². The Morgan fingerprint density at radius 1 is 1.70 bits per heavy atom. The van der Waals surface area contributed by atoms with Gasteiger partial charge in [-0.15, -0.1) is 17.7 Å². The first-order valence-electron chi connectivity index (χ1n) is 2.11. The van der Waals surface area contributed by atoms with Crippen molar-refractivity contribution in [2.24, 2.45) is 5.73 Å². The summed E-state index contributed by atoms with van der Waals surface area (Å²) < 4.78 is 0. The van der Waals surface area contributed by atoms with Gasteiger partial charge in [0.15, 0.2) is 5.69 Å². The second-order valence-corrected chi connectivity index (χ2v) is 1.82. The van der Waals surface area contributed by atoms with Gasteiger partial charge < -0.3 is 5.73 Å². The van der Waals surface area contributed by atoms with E-state index in [4.69, 9.17) is 5.73 Å². The van der Waals surface area contributed by atoms with Gasteiger partial charge in [-0.05, 0) is 0 Å². The van der Waals surface area contributed by atoms with Crippen LogP contribution in [0.1, 0.15) is 10.5 Å². The van der Waals surface area contributed by atoms with E-state index in [1.165, 1.54) is 0 Å². The summed E-state index contributed by atoms with van der Waals surface area (Å²) >= 11 is 3.81. The van der Waals surface area contributed by atoms with E-state index in [-0.39, 0.29) is 35.3 Å². The molecule has 0 bridgehead atoms. The summed E-state index contributed by atoms with van der Waals surface area (Å²) in [5, 5.41) is 9.30. The molecule has 0 aromatic carbocycles. The number of nitrogens with two attached hydrogens (primary N) is 1. The summed E-state index contributed by atoms with van der Waals surface area (Å²) in [6.07, 6.45) is 0. The van der Waals surface area contributed by atoms with Crippen molar-refractivity contribution in [1.29, 1.82) is 0 Å². The number of carbonyl (C=O) groups excluding carboxylic acids is 1. The van der Waals surface area contributed by atoms with Gasteiger partial charge in [0.25, 0.3) is 5.91 Å². The second-order valence-electron chi connectivity index (χ2n) is 1.37. The number of rotatable bonds is 1. The van der Waals surface area contributed by atoms with E-state index in [0.717, 1.165) is 0 Å². The van der Waals surface area contributed by atoms with E-state index < -0.39 is 5.91 Å². The molecule has 0 spiro atoms. The van der Waals surface area contributed by atoms with Crippen LogP contribution in [0.15, 0.2) is 5.03 Å². The van der Waals surface area contributed by atoms with Crippen LogP contribution in [-0.4, -0.2) is 50.9 Å². The molecule has 0 fully saturated rings. The summed E-state index contributed by atoms with van der Waals surface area (Å²) in [7, 11) is 0. The number of primary amides is 1. The quantitative estimate of drug-likeness (QED) is 0.354. The number of hydrogen-bond acceptors (Lipinski definition) is 4. The zero-order valence-corrected chi connectivity index (χ0v) is 5.22. The molecular weight excluding hydrogens is 163 g/mol. The summed E-state index contributed by atoms with van der Waals surface area (Å²) in [5.41, 5.74) is 4.92. The molecule has 5 nitrogen and oxygen atoms in total. The second kappa shape index (κ2) is 3.97. The molecule has 1 rings (SSSR count). The van der Waals surface area contributed by atoms with Crippen molar-refractivity contribution in [3.8, 4) is 0 Å². The third kappa shape index (κ3) is 1.98. The Hall–Kier alpha value is -0.0400. The summed E-state index contributed by atoms with van der Waals surface area (Å²) in [6, 6.07) is 0. The molecule has 10 heavy (non-hydrogen) atoms. The number of amides is 1. The van der Waals surface area contributed by atoms with Gasteiger partial charge in [0.1, 0.15) is 5.03 Å². The first kappa shape index (κ1) is 9.96. The van der Waals surface area contributed by atoms with Crippen LogP contribution in [0.3, 0.4) is 0 Å². The van der Waals surface area contributed by atoms with Gasteiger partial charge in [-0.3, -0.25) is 9.89 Å². The Morgan fingerprint density at radius 2 is 2.30 bits per heavy atom. The third-order valence-electron chi connectivity index (χ3n) is 0.764. The molecule has 3 N–H and O–H groups in total. The van der Waals surface area contributed by atoms with Crippen LogP contribution in [0.5, 0.6) is 0 Å². The minimum absolute atomic E-state index is 0. The predicted molar refractivity (Wildman–Crippen MR) is 39.3 cm³/mol. The van der Waals surface area contributed by atoms with E-state index in [1.54, 1.807) is 0 Å². The van der Waals surface area contributed by atoms with Gasteiger partial charge in [-0.1, -0.05) is 5.21 Å². The first-order valence-corrected chi connectivity index (χ1v) is 2.56. The molecule has 1 aromatic heterocycles. The summed E-state index contributed by atoms with van der Waals surface area (Å²) in [5.74, 6) is -0.631. The monoisotopic (exact) mass is 168 g/mol. The molecular formula is C3H5N4NaOS. The number of carbonyl (C=O) groups is 1. The van der Waals surface area contributed by atoms with Crippen molar-refractivity contribution in [3.63, 3.8) is 0 Å². The Bertz CT molecular complexity index is 236. The molecule has 0 atom stereocenters. The van der Waals surface area contributed by atoms with Gasteiger partial charge in [-0.2, -0.15) is 0 Å². The van der Waals surface area contributed by atoms with E-state index in [1.807, 2.05) is 0 Å². The van der Waals surface area contributed by atoms with E-state index in [9.17, 15) is 4.79 Å². The van der Waals surface area contributed by atoms with Crippen molar-refractivity contribution in [2.75, 3.05) is 0 Å². The Kier molecular flexibility index (Phi) is 3.95. The Balaban J connectivity index is 0.000000810. The van der Waals surface area contributed by atoms with Gasteiger partial charge in [0.05, 0.1) is 0 Å². The van der Waals surface area contributed by atoms with Crippen LogP contribution >= 0.6 is 12.6 Å². The standard InChI is InChI=1S/C3H4N4OS.Na.H/c4-2(8)1-3(9)6-7-5-1;;/h(H2,4,8)(H2,5,6,7,9);;. The molecule has 50 valence electrons. The number of nitrogens with zero attached hydrogens (tertiary/aromatic N) is 2. The van der Waals surface area contributed by atoms with Crippen molar-refractivity contribution in [1.82, 2.24) is 15.4 Å². The van der Waals surface area contributed by atoms with Crippen LogP contribution in [0, 0.1) is 0 Å². The Labute approximate surface area is 84.5 Å². The summed E-state index contributed by atoms with van der Waals surface area (Å²) in [6.45, 7) is 0. The predicted octanol–water partition coefficient (Wildman–Crippen LogP) is -1.46. The van der Waals surface area contributed by atoms with Crippen LogP contribution in [0.25, 0.3) is 0 Å². The number of aromatic nitrogens is 3. The summed E-state index contributed by atoms with van der Waals surface area (Å²) in [4.78, 5) is 10.3. The minimum atomic E-state index is -0.631. The normalized spacial score (nSPS) is 8.50. The van der Waals surface area contributed by atoms with Crippen LogP contribution < -0.4 is 5.73 Å². The fourth-order valence-corrected chi connectivity index (χ4v) is 0.588. The van der Waals surface area contributed by atoms with E-state index in [2.05, 4.69) is 28.0 Å². The zero-order chi connectivity index (χ0) is 6.85. The fourth-order valence-electron chi connectivity index (χ4n) is 0.389. The van der Waals surface area contributed by atoms with Gasteiger partial charge in [0.2, 0.25) is 0 Å². The van der Waals surface area contributed by atoms with Crippen molar-refractivity contribution < 1.29 is 4.79 Å². The first-order chi connectivity index (χ1) is 4.22. The van der Waals surface area contributed by atoms with E-state index in [0.29, 0.717) is 5.03 Å². The number of thiol groups is 1. The Morgan fingerprint density at radius 3 is 2.50 bits per heavy atom. The molecule has 0 radical (unpaired) electrons. The topological polar surface area (TPSA) is 84.7 Å². The average Bonchev–Trinajstić information content (AvgIpc) is 2.13. The molecule has 0 aliphatic carbocycles. The third-order valence-corrected chi connectivity index (χ3v) is 1.08. The number of hydrogen-bond donors (Lipinski definition) is 3. The molecule has 0 aliphatic rings. The number of aromatic amines is 1. The molecule has 0 saturated heterocycles. The molecule has 0 aliphatic heterocycles. The maximum atomic E-state index is 10.3. The maximum absolute atomic E-state index is 10.3. The van der Waals surface area contributed by atoms with Crippen LogP contribution in [0.2, 0.25) is 0 Å². The zero-order valence-electron chi connectivity index (χ0n) is 4.33. The fraction of sp³-hybridized carbons (Fsp3) is 0. The van der Waals surface area contributed by atoms with E-state index >= 15 is 0 Å².